The lowest BCUT2D eigenvalue weighted by Crippen LogP contribution is -2.36. The van der Waals surface area contributed by atoms with E-state index in [2.05, 4.69) is 0 Å². The number of hydrogen-bond donors (Lipinski definition) is 2. The van der Waals surface area contributed by atoms with Crippen LogP contribution in [-0.4, -0.2) is 24.2 Å². The average Bonchev–Trinajstić information content (AvgIpc) is 2.46. The minimum Gasteiger partial charge on any atom is -0.494 e. The molecule has 0 spiro atoms. The molecule has 0 bridgehead atoms. The number of fused-ring (bicyclic) bond motifs is 1. The highest BCUT2D eigenvalue weighted by molar-refractivity contribution is 5.88. The Bertz CT molecular complexity index is 601. The topological polar surface area (TPSA) is 55.5 Å². The summed E-state index contributed by atoms with van der Waals surface area (Å²) in [6.45, 7) is 0.820. The molecule has 5 heteroatoms. The lowest BCUT2D eigenvalue weighted by Gasteiger charge is -2.25. The van der Waals surface area contributed by atoms with Gasteiger partial charge in [0.15, 0.2) is 0 Å². The van der Waals surface area contributed by atoms with Gasteiger partial charge in [-0.15, -0.1) is 0 Å². The summed E-state index contributed by atoms with van der Waals surface area (Å²) in [5.41, 5.74) is 5.92. The molecule has 0 radical (unpaired) electrons. The number of halogens is 2. The molecule has 0 saturated heterocycles. The number of nitrogens with two attached hydrogens (primary N) is 1. The molecule has 0 aliphatic heterocycles. The fourth-order valence-corrected chi connectivity index (χ4v) is 2.19. The van der Waals surface area contributed by atoms with E-state index in [4.69, 9.17) is 15.6 Å². The van der Waals surface area contributed by atoms with E-state index in [0.29, 0.717) is 17.7 Å². The number of hydrogen-bond acceptors (Lipinski definition) is 3. The van der Waals surface area contributed by atoms with Crippen LogP contribution < -0.4 is 10.5 Å². The molecule has 0 aliphatic carbocycles. The zero-order valence-corrected chi connectivity index (χ0v) is 11.1. The molecular weight excluding hydrogens is 264 g/mol. The van der Waals surface area contributed by atoms with Crippen molar-refractivity contribution in [2.75, 3.05) is 13.2 Å². The van der Waals surface area contributed by atoms with Gasteiger partial charge in [0.25, 0.3) is 5.92 Å². The van der Waals surface area contributed by atoms with Crippen LogP contribution in [0, 0.1) is 0 Å². The Morgan fingerprint density at radius 2 is 1.95 bits per heavy atom. The van der Waals surface area contributed by atoms with Crippen LogP contribution in [0.5, 0.6) is 5.75 Å². The predicted octanol–water partition coefficient (Wildman–Crippen LogP) is 2.87. The van der Waals surface area contributed by atoms with Crippen molar-refractivity contribution in [1.29, 1.82) is 0 Å². The van der Waals surface area contributed by atoms with E-state index in [9.17, 15) is 8.78 Å². The Hall–Kier alpha value is -1.72. The van der Waals surface area contributed by atoms with Crippen molar-refractivity contribution < 1.29 is 18.6 Å². The van der Waals surface area contributed by atoms with Crippen LogP contribution in [0.4, 0.5) is 8.78 Å². The first-order chi connectivity index (χ1) is 9.51. The Morgan fingerprint density at radius 1 is 1.25 bits per heavy atom. The molecule has 2 aromatic carbocycles. The lowest BCUT2D eigenvalue weighted by molar-refractivity contribution is -0.0713. The van der Waals surface area contributed by atoms with Crippen LogP contribution >= 0.6 is 0 Å². The van der Waals surface area contributed by atoms with Gasteiger partial charge >= 0.3 is 0 Å². The third-order valence-corrected chi connectivity index (χ3v) is 3.21. The molecule has 1 atom stereocenters. The smallest absolute Gasteiger partial charge is 0.289 e. The Balaban J connectivity index is 2.66. The van der Waals surface area contributed by atoms with Crippen LogP contribution in [0.15, 0.2) is 36.4 Å². The second kappa shape index (κ2) is 5.73. The zero-order valence-electron chi connectivity index (χ0n) is 11.1. The van der Waals surface area contributed by atoms with E-state index >= 15 is 0 Å². The molecule has 0 heterocycles. The lowest BCUT2D eigenvalue weighted by atomic mass is 9.94. The highest BCUT2D eigenvalue weighted by Crippen LogP contribution is 2.38. The van der Waals surface area contributed by atoms with Crippen LogP contribution in [0.2, 0.25) is 0 Å². The molecule has 3 N–H and O–H groups in total. The average molecular weight is 281 g/mol. The second-order valence-corrected chi connectivity index (χ2v) is 4.53. The van der Waals surface area contributed by atoms with Gasteiger partial charge < -0.3 is 15.6 Å². The summed E-state index contributed by atoms with van der Waals surface area (Å²) in [5.74, 6) is -3.08. The number of aliphatic hydroxyl groups is 1. The summed E-state index contributed by atoms with van der Waals surface area (Å²) in [4.78, 5) is 0. The van der Waals surface area contributed by atoms with Gasteiger partial charge in [-0.05, 0) is 23.8 Å². The first-order valence-electron chi connectivity index (χ1n) is 6.40. The Morgan fingerprint density at radius 3 is 2.60 bits per heavy atom. The van der Waals surface area contributed by atoms with E-state index in [-0.39, 0.29) is 5.56 Å². The molecule has 3 nitrogen and oxygen atoms in total. The van der Waals surface area contributed by atoms with Crippen molar-refractivity contribution in [3.05, 3.63) is 42.0 Å². The molecule has 0 saturated carbocycles. The van der Waals surface area contributed by atoms with Gasteiger partial charge in [-0.25, -0.2) is 8.78 Å². The number of ether oxygens (including phenoxy) is 1. The Labute approximate surface area is 116 Å². The minimum absolute atomic E-state index is 0.226. The highest BCUT2D eigenvalue weighted by atomic mass is 19.3. The summed E-state index contributed by atoms with van der Waals surface area (Å²) >= 11 is 0. The first-order valence-corrected chi connectivity index (χ1v) is 6.40. The third-order valence-electron chi connectivity index (χ3n) is 3.21. The number of benzene rings is 2. The van der Waals surface area contributed by atoms with E-state index in [0.717, 1.165) is 5.39 Å². The van der Waals surface area contributed by atoms with Crippen molar-refractivity contribution in [1.82, 2.24) is 0 Å². The molecule has 2 rings (SSSR count). The molecule has 108 valence electrons. The molecular formula is C15H17F2NO2. The van der Waals surface area contributed by atoms with Crippen LogP contribution in [0.25, 0.3) is 10.8 Å². The monoisotopic (exact) mass is 281 g/mol. The quantitative estimate of drug-likeness (QED) is 0.886. The summed E-state index contributed by atoms with van der Waals surface area (Å²) in [5, 5.41) is 10.3. The van der Waals surface area contributed by atoms with E-state index < -0.39 is 18.6 Å². The standard InChI is InChI=1S/C15H17F2NO2/c1-2-20-12-8-7-10-5-3-4-6-11(10)13(12)14(18)15(16,17)9-19/h3-8,14,19H,2,9,18H2,1H3/t14-/m1/s1. The first kappa shape index (κ1) is 14.7. The largest absolute Gasteiger partial charge is 0.494 e. The summed E-state index contributed by atoms with van der Waals surface area (Å²) in [7, 11) is 0. The molecule has 0 unspecified atom stereocenters. The van der Waals surface area contributed by atoms with Gasteiger partial charge in [0.2, 0.25) is 0 Å². The van der Waals surface area contributed by atoms with Gasteiger partial charge in [-0.2, -0.15) is 0 Å². The van der Waals surface area contributed by atoms with Gasteiger partial charge in [0.1, 0.15) is 18.4 Å². The van der Waals surface area contributed by atoms with E-state index in [1.165, 1.54) is 0 Å². The van der Waals surface area contributed by atoms with Gasteiger partial charge in [-0.1, -0.05) is 30.3 Å². The van der Waals surface area contributed by atoms with Crippen molar-refractivity contribution >= 4 is 10.8 Å². The highest BCUT2D eigenvalue weighted by Gasteiger charge is 2.39. The maximum Gasteiger partial charge on any atom is 0.289 e. The fourth-order valence-electron chi connectivity index (χ4n) is 2.19. The maximum atomic E-state index is 13.7. The van der Waals surface area contributed by atoms with E-state index in [1.54, 1.807) is 31.2 Å². The second-order valence-electron chi connectivity index (χ2n) is 4.53. The zero-order chi connectivity index (χ0) is 14.8. The number of alkyl halides is 2. The molecule has 0 aromatic heterocycles. The van der Waals surface area contributed by atoms with Crippen molar-refractivity contribution in [2.24, 2.45) is 5.73 Å². The van der Waals surface area contributed by atoms with Gasteiger partial charge in [-0.3, -0.25) is 0 Å². The summed E-state index contributed by atoms with van der Waals surface area (Å²) in [6, 6.07) is 8.93. The van der Waals surface area contributed by atoms with Gasteiger partial charge in [0.05, 0.1) is 6.61 Å². The number of aliphatic hydroxyl groups excluding tert-OH is 1. The molecule has 0 fully saturated rings. The van der Waals surface area contributed by atoms with Crippen LogP contribution in [0.3, 0.4) is 0 Å². The molecule has 2 aromatic rings. The van der Waals surface area contributed by atoms with Crippen LogP contribution in [0.1, 0.15) is 18.5 Å². The number of rotatable bonds is 5. The van der Waals surface area contributed by atoms with Crippen LogP contribution in [-0.2, 0) is 0 Å². The Kier molecular flexibility index (Phi) is 4.20. The van der Waals surface area contributed by atoms with Crippen molar-refractivity contribution in [3.8, 4) is 5.75 Å². The minimum atomic E-state index is -3.41. The van der Waals surface area contributed by atoms with Gasteiger partial charge in [0, 0.05) is 5.56 Å². The molecule has 0 amide bonds. The van der Waals surface area contributed by atoms with Crippen molar-refractivity contribution in [3.63, 3.8) is 0 Å². The summed E-state index contributed by atoms with van der Waals surface area (Å²) in [6.07, 6.45) is 0. The normalized spacial score (nSPS) is 13.4. The van der Waals surface area contributed by atoms with Crippen molar-refractivity contribution in [2.45, 2.75) is 18.9 Å². The SMILES string of the molecule is CCOc1ccc2ccccc2c1[C@@H](N)C(F)(F)CO. The fraction of sp³-hybridized carbons (Fsp3) is 0.333. The molecule has 0 aliphatic rings. The third kappa shape index (κ3) is 2.59. The summed E-state index contributed by atoms with van der Waals surface area (Å²) < 4.78 is 32.9. The van der Waals surface area contributed by atoms with E-state index in [1.807, 2.05) is 12.1 Å². The maximum absolute atomic E-state index is 13.7. The molecule has 20 heavy (non-hydrogen) atoms. The predicted molar refractivity (Wildman–Crippen MR) is 74.1 cm³/mol.